The van der Waals surface area contributed by atoms with E-state index in [-0.39, 0.29) is 17.5 Å². The van der Waals surface area contributed by atoms with E-state index in [1.807, 2.05) is 0 Å². The first-order chi connectivity index (χ1) is 9.56. The second-order valence-corrected chi connectivity index (χ2v) is 6.39. The molecule has 0 atom stereocenters. The number of benzene rings is 1. The number of nitrogens with zero attached hydrogens (tertiary/aromatic N) is 1. The molecule has 20 heavy (non-hydrogen) atoms. The van der Waals surface area contributed by atoms with E-state index in [2.05, 4.69) is 0 Å². The van der Waals surface area contributed by atoms with Gasteiger partial charge in [0.05, 0.1) is 10.5 Å². The SMILES string of the molecule is O=C(O)c1ccc(/C=C2\SC(=S)N(C3CC3)C2=O)cc1. The van der Waals surface area contributed by atoms with Crippen LogP contribution < -0.4 is 0 Å². The van der Waals surface area contributed by atoms with Gasteiger partial charge >= 0.3 is 5.97 Å². The van der Waals surface area contributed by atoms with E-state index >= 15 is 0 Å². The molecule has 0 spiro atoms. The number of carbonyl (C=O) groups is 2. The predicted octanol–water partition coefficient (Wildman–Crippen LogP) is 2.75. The van der Waals surface area contributed by atoms with Gasteiger partial charge in [-0.15, -0.1) is 0 Å². The minimum Gasteiger partial charge on any atom is -0.478 e. The molecule has 0 unspecified atom stereocenters. The summed E-state index contributed by atoms with van der Waals surface area (Å²) < 4.78 is 0.617. The summed E-state index contributed by atoms with van der Waals surface area (Å²) in [6, 6.07) is 6.70. The van der Waals surface area contributed by atoms with Crippen LogP contribution in [0.25, 0.3) is 6.08 Å². The number of carbonyl (C=O) groups excluding carboxylic acids is 1. The molecule has 1 aliphatic carbocycles. The van der Waals surface area contributed by atoms with Crippen LogP contribution >= 0.6 is 24.0 Å². The summed E-state index contributed by atoms with van der Waals surface area (Å²) in [5, 5.41) is 8.84. The lowest BCUT2D eigenvalue weighted by Gasteiger charge is -2.11. The van der Waals surface area contributed by atoms with E-state index in [1.54, 1.807) is 23.1 Å². The average molecular weight is 305 g/mol. The number of hydrogen-bond acceptors (Lipinski definition) is 4. The maximum Gasteiger partial charge on any atom is 0.335 e. The molecule has 1 aliphatic heterocycles. The zero-order chi connectivity index (χ0) is 14.3. The van der Waals surface area contributed by atoms with E-state index in [4.69, 9.17) is 17.3 Å². The molecule has 3 rings (SSSR count). The third-order valence-electron chi connectivity index (χ3n) is 3.19. The molecule has 1 N–H and O–H groups in total. The lowest BCUT2D eigenvalue weighted by Crippen LogP contribution is -2.30. The normalized spacial score (nSPS) is 20.8. The van der Waals surface area contributed by atoms with Gasteiger partial charge in [0, 0.05) is 6.04 Å². The molecule has 102 valence electrons. The minimum absolute atomic E-state index is 0.0372. The van der Waals surface area contributed by atoms with Gasteiger partial charge in [-0.3, -0.25) is 9.69 Å². The number of aromatic carboxylic acids is 1. The lowest BCUT2D eigenvalue weighted by atomic mass is 10.1. The van der Waals surface area contributed by atoms with Crippen molar-refractivity contribution < 1.29 is 14.7 Å². The van der Waals surface area contributed by atoms with Crippen LogP contribution in [0.5, 0.6) is 0 Å². The van der Waals surface area contributed by atoms with E-state index in [1.165, 1.54) is 23.9 Å². The first-order valence-corrected chi connectivity index (χ1v) is 7.39. The third-order valence-corrected chi connectivity index (χ3v) is 4.52. The van der Waals surface area contributed by atoms with Crippen LogP contribution in [0, 0.1) is 0 Å². The van der Waals surface area contributed by atoms with E-state index in [0.717, 1.165) is 18.4 Å². The van der Waals surface area contributed by atoms with Crippen LogP contribution in [0.3, 0.4) is 0 Å². The molecule has 1 saturated carbocycles. The molecule has 1 aromatic carbocycles. The summed E-state index contributed by atoms with van der Waals surface area (Å²) in [4.78, 5) is 25.3. The number of hydrogen-bond donors (Lipinski definition) is 1. The Hall–Kier alpha value is -1.66. The van der Waals surface area contributed by atoms with Crippen LogP contribution in [-0.4, -0.2) is 32.2 Å². The highest BCUT2D eigenvalue weighted by atomic mass is 32.2. The fourth-order valence-electron chi connectivity index (χ4n) is 2.00. The molecular formula is C14H11NO3S2. The van der Waals surface area contributed by atoms with Crippen molar-refractivity contribution in [3.63, 3.8) is 0 Å². The molecular weight excluding hydrogens is 294 g/mol. The summed E-state index contributed by atoms with van der Waals surface area (Å²) in [6.07, 6.45) is 3.80. The average Bonchev–Trinajstić information content (AvgIpc) is 3.19. The monoisotopic (exact) mass is 305 g/mol. The zero-order valence-corrected chi connectivity index (χ0v) is 12.0. The number of thiocarbonyl (C=S) groups is 1. The molecule has 0 radical (unpaired) electrons. The zero-order valence-electron chi connectivity index (χ0n) is 10.4. The lowest BCUT2D eigenvalue weighted by molar-refractivity contribution is -0.122. The molecule has 1 amide bonds. The van der Waals surface area contributed by atoms with Crippen molar-refractivity contribution in [3.05, 3.63) is 40.3 Å². The van der Waals surface area contributed by atoms with Crippen molar-refractivity contribution in [1.82, 2.24) is 4.90 Å². The standard InChI is InChI=1S/C14H11NO3S2/c16-12-11(20-14(19)15(12)10-5-6-10)7-8-1-3-9(4-2-8)13(17)18/h1-4,7,10H,5-6H2,(H,17,18)/b11-7-. The summed E-state index contributed by atoms with van der Waals surface area (Å²) in [5.41, 5.74) is 1.03. The molecule has 2 fully saturated rings. The summed E-state index contributed by atoms with van der Waals surface area (Å²) in [5.74, 6) is -0.999. The van der Waals surface area contributed by atoms with Crippen molar-refractivity contribution >= 4 is 46.3 Å². The molecule has 0 aromatic heterocycles. The molecule has 6 heteroatoms. The summed E-state index contributed by atoms with van der Waals surface area (Å²) >= 11 is 6.54. The quantitative estimate of drug-likeness (QED) is 0.687. The fraction of sp³-hybridized carbons (Fsp3) is 0.214. The summed E-state index contributed by atoms with van der Waals surface area (Å²) in [7, 11) is 0. The first-order valence-electron chi connectivity index (χ1n) is 6.16. The molecule has 1 saturated heterocycles. The van der Waals surface area contributed by atoms with Crippen LogP contribution in [-0.2, 0) is 4.79 Å². The highest BCUT2D eigenvalue weighted by molar-refractivity contribution is 8.26. The van der Waals surface area contributed by atoms with Crippen LogP contribution in [0.15, 0.2) is 29.2 Å². The highest BCUT2D eigenvalue weighted by Gasteiger charge is 2.41. The van der Waals surface area contributed by atoms with Gasteiger partial charge in [0.1, 0.15) is 4.32 Å². The Morgan fingerprint density at radius 2 is 2.00 bits per heavy atom. The molecule has 1 heterocycles. The Kier molecular flexibility index (Phi) is 3.35. The molecule has 0 bridgehead atoms. The van der Waals surface area contributed by atoms with E-state index in [0.29, 0.717) is 9.23 Å². The van der Waals surface area contributed by atoms with Crippen LogP contribution in [0.1, 0.15) is 28.8 Å². The van der Waals surface area contributed by atoms with Crippen molar-refractivity contribution in [1.29, 1.82) is 0 Å². The Morgan fingerprint density at radius 3 is 2.55 bits per heavy atom. The van der Waals surface area contributed by atoms with Gasteiger partial charge in [-0.25, -0.2) is 4.79 Å². The number of carboxylic acids is 1. The molecule has 1 aromatic rings. The topological polar surface area (TPSA) is 57.6 Å². The van der Waals surface area contributed by atoms with Gasteiger partial charge in [0.15, 0.2) is 0 Å². The van der Waals surface area contributed by atoms with Gasteiger partial charge in [-0.05, 0) is 36.6 Å². The second-order valence-electron chi connectivity index (χ2n) is 4.71. The number of thioether (sulfide) groups is 1. The smallest absolute Gasteiger partial charge is 0.335 e. The third kappa shape index (κ3) is 2.48. The van der Waals surface area contributed by atoms with Gasteiger partial charge < -0.3 is 5.11 Å². The van der Waals surface area contributed by atoms with E-state index < -0.39 is 5.97 Å². The Morgan fingerprint density at radius 1 is 1.35 bits per heavy atom. The van der Waals surface area contributed by atoms with Gasteiger partial charge in [0.25, 0.3) is 5.91 Å². The predicted molar refractivity (Wildman–Crippen MR) is 81.4 cm³/mol. The number of rotatable bonds is 3. The number of amides is 1. The molecule has 4 nitrogen and oxygen atoms in total. The van der Waals surface area contributed by atoms with Crippen molar-refractivity contribution in [3.8, 4) is 0 Å². The van der Waals surface area contributed by atoms with Crippen LogP contribution in [0.4, 0.5) is 0 Å². The Bertz CT molecular complexity index is 632. The van der Waals surface area contributed by atoms with Crippen molar-refractivity contribution in [2.24, 2.45) is 0 Å². The van der Waals surface area contributed by atoms with Crippen molar-refractivity contribution in [2.75, 3.05) is 0 Å². The highest BCUT2D eigenvalue weighted by Crippen LogP contribution is 2.39. The van der Waals surface area contributed by atoms with E-state index in [9.17, 15) is 9.59 Å². The van der Waals surface area contributed by atoms with Gasteiger partial charge in [-0.1, -0.05) is 36.1 Å². The maximum atomic E-state index is 12.2. The minimum atomic E-state index is -0.961. The van der Waals surface area contributed by atoms with Crippen LogP contribution in [0.2, 0.25) is 0 Å². The van der Waals surface area contributed by atoms with Crippen molar-refractivity contribution in [2.45, 2.75) is 18.9 Å². The fourth-order valence-corrected chi connectivity index (χ4v) is 3.40. The first kappa shape index (κ1) is 13.3. The Labute approximate surface area is 125 Å². The molecule has 2 aliphatic rings. The van der Waals surface area contributed by atoms with Gasteiger partial charge in [-0.2, -0.15) is 0 Å². The summed E-state index contributed by atoms with van der Waals surface area (Å²) in [6.45, 7) is 0. The largest absolute Gasteiger partial charge is 0.478 e. The maximum absolute atomic E-state index is 12.2. The number of carboxylic acid groups (broad SMARTS) is 1. The Balaban J connectivity index is 1.83. The second kappa shape index (κ2) is 5.03. The van der Waals surface area contributed by atoms with Gasteiger partial charge in [0.2, 0.25) is 0 Å².